The van der Waals surface area contributed by atoms with E-state index in [1.165, 1.54) is 17.0 Å². The van der Waals surface area contributed by atoms with E-state index in [0.717, 1.165) is 28.1 Å². The van der Waals surface area contributed by atoms with Crippen LogP contribution in [0.15, 0.2) is 71.6 Å². The summed E-state index contributed by atoms with van der Waals surface area (Å²) in [5, 5.41) is 1.72. The number of benzene rings is 3. The molecule has 0 unspecified atom stereocenters. The lowest BCUT2D eigenvalue weighted by molar-refractivity contribution is -0.123. The van der Waals surface area contributed by atoms with Crippen LogP contribution in [0, 0.1) is 5.82 Å². The van der Waals surface area contributed by atoms with Crippen molar-refractivity contribution in [3.63, 3.8) is 0 Å². The van der Waals surface area contributed by atoms with Crippen molar-refractivity contribution in [3.8, 4) is 0 Å². The van der Waals surface area contributed by atoms with Crippen LogP contribution < -0.4 is 0 Å². The highest BCUT2D eigenvalue weighted by atomic mass is 32.2. The monoisotopic (exact) mass is 363 g/mol. The summed E-state index contributed by atoms with van der Waals surface area (Å²) in [6.45, 7) is 0.195. The third-order valence-electron chi connectivity index (χ3n) is 4.27. The molecule has 1 heterocycles. The van der Waals surface area contributed by atoms with Gasteiger partial charge in [-0.05, 0) is 40.2 Å². The molecule has 4 rings (SSSR count). The van der Waals surface area contributed by atoms with E-state index in [4.69, 9.17) is 0 Å². The van der Waals surface area contributed by atoms with E-state index < -0.39 is 11.7 Å². The average molecular weight is 363 g/mol. The Hall–Kier alpha value is -2.92. The molecule has 1 saturated heterocycles. The van der Waals surface area contributed by atoms with Gasteiger partial charge in [-0.25, -0.2) is 4.39 Å². The number of hydrogen-bond donors (Lipinski definition) is 0. The molecule has 2 amide bonds. The molecule has 3 aromatic rings. The number of carbonyl (C=O) groups is 2. The van der Waals surface area contributed by atoms with Crippen molar-refractivity contribution >= 4 is 39.8 Å². The second-order valence-corrected chi connectivity index (χ2v) is 6.92. The standard InChI is InChI=1S/C21H14FNO2S/c22-18-11-4-2-7-15(18)12-19-20(24)23(21(25)26-19)13-16-9-5-8-14-6-1-3-10-17(14)16/h1-12H,13H2/b19-12-. The molecule has 0 bridgehead atoms. The third kappa shape index (κ3) is 3.02. The summed E-state index contributed by atoms with van der Waals surface area (Å²) >= 11 is 0.842. The van der Waals surface area contributed by atoms with Crippen LogP contribution in [-0.2, 0) is 11.3 Å². The molecule has 0 aromatic heterocycles. The number of amides is 2. The summed E-state index contributed by atoms with van der Waals surface area (Å²) in [6.07, 6.45) is 1.43. The minimum atomic E-state index is -0.423. The number of imide groups is 1. The molecular formula is C21H14FNO2S. The largest absolute Gasteiger partial charge is 0.293 e. The Kier molecular flexibility index (Phi) is 4.31. The van der Waals surface area contributed by atoms with Crippen LogP contribution in [0.4, 0.5) is 9.18 Å². The zero-order chi connectivity index (χ0) is 18.1. The van der Waals surface area contributed by atoms with E-state index in [9.17, 15) is 14.0 Å². The zero-order valence-electron chi connectivity index (χ0n) is 13.7. The Labute approximate surface area is 154 Å². The lowest BCUT2D eigenvalue weighted by Gasteiger charge is -2.14. The van der Waals surface area contributed by atoms with Gasteiger partial charge >= 0.3 is 0 Å². The zero-order valence-corrected chi connectivity index (χ0v) is 14.5. The average Bonchev–Trinajstić information content (AvgIpc) is 2.91. The first kappa shape index (κ1) is 16.5. The van der Waals surface area contributed by atoms with Crippen LogP contribution in [-0.4, -0.2) is 16.0 Å². The molecule has 3 nitrogen and oxygen atoms in total. The molecular weight excluding hydrogens is 349 g/mol. The summed E-state index contributed by atoms with van der Waals surface area (Å²) in [7, 11) is 0. The minimum Gasteiger partial charge on any atom is -0.268 e. The van der Waals surface area contributed by atoms with E-state index in [0.29, 0.717) is 5.56 Å². The molecule has 0 atom stereocenters. The number of halogens is 1. The van der Waals surface area contributed by atoms with Gasteiger partial charge in [-0.15, -0.1) is 0 Å². The summed E-state index contributed by atoms with van der Waals surface area (Å²) in [4.78, 5) is 26.5. The minimum absolute atomic E-state index is 0.195. The number of rotatable bonds is 3. The molecule has 1 aliphatic rings. The number of thioether (sulfide) groups is 1. The SMILES string of the molecule is O=C1S/C(=C\c2ccccc2F)C(=O)N1Cc1cccc2ccccc12. The Bertz CT molecular complexity index is 1060. The topological polar surface area (TPSA) is 37.4 Å². The highest BCUT2D eigenvalue weighted by Crippen LogP contribution is 2.34. The maximum Gasteiger partial charge on any atom is 0.293 e. The molecule has 1 fully saturated rings. The predicted molar refractivity (Wildman–Crippen MR) is 102 cm³/mol. The number of carbonyl (C=O) groups excluding carboxylic acids is 2. The lowest BCUT2D eigenvalue weighted by atomic mass is 10.0. The second-order valence-electron chi connectivity index (χ2n) is 5.93. The molecule has 0 N–H and O–H groups in total. The molecule has 0 radical (unpaired) electrons. The third-order valence-corrected chi connectivity index (χ3v) is 5.18. The Morgan fingerprint density at radius 2 is 1.65 bits per heavy atom. The first-order valence-corrected chi connectivity index (χ1v) is 8.92. The summed E-state index contributed by atoms with van der Waals surface area (Å²) in [6, 6.07) is 19.8. The fourth-order valence-electron chi connectivity index (χ4n) is 2.97. The van der Waals surface area contributed by atoms with E-state index in [1.807, 2.05) is 42.5 Å². The van der Waals surface area contributed by atoms with Crippen molar-refractivity contribution in [1.82, 2.24) is 4.90 Å². The van der Waals surface area contributed by atoms with Crippen molar-refractivity contribution in [2.45, 2.75) is 6.54 Å². The van der Waals surface area contributed by atoms with Gasteiger partial charge in [-0.2, -0.15) is 0 Å². The van der Waals surface area contributed by atoms with E-state index in [2.05, 4.69) is 0 Å². The summed E-state index contributed by atoms with van der Waals surface area (Å²) < 4.78 is 13.8. The van der Waals surface area contributed by atoms with Crippen molar-refractivity contribution in [2.75, 3.05) is 0 Å². The van der Waals surface area contributed by atoms with Gasteiger partial charge < -0.3 is 0 Å². The molecule has 1 aliphatic heterocycles. The molecule has 0 saturated carbocycles. The Balaban J connectivity index is 1.65. The van der Waals surface area contributed by atoms with Crippen molar-refractivity contribution in [2.24, 2.45) is 0 Å². The Morgan fingerprint density at radius 1 is 0.923 bits per heavy atom. The van der Waals surface area contributed by atoms with E-state index in [-0.39, 0.29) is 16.7 Å². The van der Waals surface area contributed by atoms with Gasteiger partial charge in [0.2, 0.25) is 0 Å². The normalized spacial score (nSPS) is 16.0. The summed E-state index contributed by atoms with van der Waals surface area (Å²) in [5.74, 6) is -0.815. The molecule has 5 heteroatoms. The lowest BCUT2D eigenvalue weighted by Crippen LogP contribution is -2.27. The first-order valence-electron chi connectivity index (χ1n) is 8.10. The van der Waals surface area contributed by atoms with Crippen LogP contribution in [0.1, 0.15) is 11.1 Å². The fourth-order valence-corrected chi connectivity index (χ4v) is 3.80. The Morgan fingerprint density at radius 3 is 2.50 bits per heavy atom. The molecule has 26 heavy (non-hydrogen) atoms. The van der Waals surface area contributed by atoms with Crippen LogP contribution in [0.3, 0.4) is 0 Å². The van der Waals surface area contributed by atoms with Gasteiger partial charge in [0.25, 0.3) is 11.1 Å². The van der Waals surface area contributed by atoms with Crippen LogP contribution in [0.25, 0.3) is 16.8 Å². The number of hydrogen-bond acceptors (Lipinski definition) is 3. The van der Waals surface area contributed by atoms with Gasteiger partial charge in [0.05, 0.1) is 11.4 Å². The first-order chi connectivity index (χ1) is 12.6. The van der Waals surface area contributed by atoms with Crippen molar-refractivity contribution < 1.29 is 14.0 Å². The fraction of sp³-hybridized carbons (Fsp3) is 0.0476. The van der Waals surface area contributed by atoms with E-state index >= 15 is 0 Å². The highest BCUT2D eigenvalue weighted by molar-refractivity contribution is 8.18. The maximum absolute atomic E-state index is 13.8. The smallest absolute Gasteiger partial charge is 0.268 e. The number of fused-ring (bicyclic) bond motifs is 1. The van der Waals surface area contributed by atoms with Gasteiger partial charge in [0.1, 0.15) is 5.82 Å². The maximum atomic E-state index is 13.8. The van der Waals surface area contributed by atoms with Crippen molar-refractivity contribution in [1.29, 1.82) is 0 Å². The van der Waals surface area contributed by atoms with Crippen LogP contribution in [0.2, 0.25) is 0 Å². The molecule has 0 spiro atoms. The van der Waals surface area contributed by atoms with E-state index in [1.54, 1.807) is 18.2 Å². The predicted octanol–water partition coefficient (Wildman–Crippen LogP) is 5.22. The molecule has 3 aromatic carbocycles. The highest BCUT2D eigenvalue weighted by Gasteiger charge is 2.35. The molecule has 128 valence electrons. The van der Waals surface area contributed by atoms with Crippen molar-refractivity contribution in [3.05, 3.63) is 88.6 Å². The van der Waals surface area contributed by atoms with Gasteiger partial charge in [-0.3, -0.25) is 14.5 Å². The van der Waals surface area contributed by atoms with Crippen LogP contribution >= 0.6 is 11.8 Å². The molecule has 0 aliphatic carbocycles. The van der Waals surface area contributed by atoms with Gasteiger partial charge in [0.15, 0.2) is 0 Å². The summed E-state index contributed by atoms with van der Waals surface area (Å²) in [5.41, 5.74) is 1.20. The number of nitrogens with zero attached hydrogens (tertiary/aromatic N) is 1. The second kappa shape index (κ2) is 6.77. The van der Waals surface area contributed by atoms with Gasteiger partial charge in [0, 0.05) is 5.56 Å². The van der Waals surface area contributed by atoms with Gasteiger partial charge in [-0.1, -0.05) is 60.7 Å². The van der Waals surface area contributed by atoms with Crippen LogP contribution in [0.5, 0.6) is 0 Å². The quantitative estimate of drug-likeness (QED) is 0.599.